The summed E-state index contributed by atoms with van der Waals surface area (Å²) >= 11 is 0. The van der Waals surface area contributed by atoms with E-state index < -0.39 is 4.92 Å². The maximum Gasteiger partial charge on any atom is 0.270 e. The van der Waals surface area contributed by atoms with Crippen molar-refractivity contribution in [2.24, 2.45) is 0 Å². The van der Waals surface area contributed by atoms with Gasteiger partial charge in [-0.3, -0.25) is 10.1 Å². The Hall–Kier alpha value is -2.94. The molecule has 0 amide bonds. The van der Waals surface area contributed by atoms with Crippen LogP contribution in [-0.4, -0.2) is 15.9 Å². The average Bonchev–Trinajstić information content (AvgIpc) is 2.98. The van der Waals surface area contributed by atoms with Gasteiger partial charge < -0.3 is 5.32 Å². The lowest BCUT2D eigenvalue weighted by atomic mass is 10.1. The van der Waals surface area contributed by atoms with Crippen molar-refractivity contribution in [3.05, 3.63) is 52.1 Å². The number of rotatable bonds is 3. The Bertz CT molecular complexity index is 784. The Labute approximate surface area is 120 Å². The van der Waals surface area contributed by atoms with E-state index in [-0.39, 0.29) is 5.69 Å². The van der Waals surface area contributed by atoms with Crippen molar-refractivity contribution in [1.29, 1.82) is 5.26 Å². The summed E-state index contributed by atoms with van der Waals surface area (Å²) in [5, 5.41) is 23.9. The van der Waals surface area contributed by atoms with Crippen molar-refractivity contribution in [1.82, 2.24) is 4.98 Å². The van der Waals surface area contributed by atoms with Gasteiger partial charge in [-0.2, -0.15) is 5.26 Å². The second-order valence-electron chi connectivity index (χ2n) is 4.91. The van der Waals surface area contributed by atoms with E-state index in [1.165, 1.54) is 12.1 Å². The molecule has 6 heteroatoms. The van der Waals surface area contributed by atoms with E-state index in [1.54, 1.807) is 12.1 Å². The Morgan fingerprint density at radius 2 is 2.10 bits per heavy atom. The topological polar surface area (TPSA) is 91.8 Å². The minimum atomic E-state index is -0.475. The van der Waals surface area contributed by atoms with Crippen molar-refractivity contribution in [3.63, 3.8) is 0 Å². The van der Waals surface area contributed by atoms with Gasteiger partial charge in [-0.15, -0.1) is 0 Å². The highest BCUT2D eigenvalue weighted by Gasteiger charge is 2.14. The first kappa shape index (κ1) is 13.1. The number of hydrogen-bond acceptors (Lipinski definition) is 5. The number of nitrogens with zero attached hydrogens (tertiary/aromatic N) is 3. The molecule has 21 heavy (non-hydrogen) atoms. The SMILES string of the molecule is N#Cc1cc(NC2CC=CC2)nc2ccc([N+](=O)[O-])cc12. The van der Waals surface area contributed by atoms with Crippen LogP contribution in [0.25, 0.3) is 10.9 Å². The molecule has 1 aromatic heterocycles. The van der Waals surface area contributed by atoms with Gasteiger partial charge in [0.2, 0.25) is 0 Å². The Morgan fingerprint density at radius 3 is 2.76 bits per heavy atom. The minimum absolute atomic E-state index is 0.0403. The second-order valence-corrected chi connectivity index (χ2v) is 4.91. The summed E-state index contributed by atoms with van der Waals surface area (Å²) in [6.45, 7) is 0. The Balaban J connectivity index is 2.03. The zero-order valence-corrected chi connectivity index (χ0v) is 11.1. The summed E-state index contributed by atoms with van der Waals surface area (Å²) < 4.78 is 0. The van der Waals surface area contributed by atoms with Gasteiger partial charge in [0.15, 0.2) is 0 Å². The van der Waals surface area contributed by atoms with E-state index in [0.717, 1.165) is 12.8 Å². The van der Waals surface area contributed by atoms with Gasteiger partial charge in [-0.05, 0) is 25.0 Å². The van der Waals surface area contributed by atoms with Crippen LogP contribution in [0.4, 0.5) is 11.5 Å². The predicted octanol–water partition coefficient (Wildman–Crippen LogP) is 3.15. The first-order valence-electron chi connectivity index (χ1n) is 6.58. The molecular weight excluding hydrogens is 268 g/mol. The van der Waals surface area contributed by atoms with Crippen LogP contribution in [0.5, 0.6) is 0 Å². The quantitative estimate of drug-likeness (QED) is 0.529. The third-order valence-electron chi connectivity index (χ3n) is 3.48. The number of aromatic nitrogens is 1. The van der Waals surface area contributed by atoms with Crippen LogP contribution in [0.1, 0.15) is 18.4 Å². The van der Waals surface area contributed by atoms with Gasteiger partial charge in [0, 0.05) is 23.6 Å². The number of nitriles is 1. The molecule has 1 N–H and O–H groups in total. The number of fused-ring (bicyclic) bond motifs is 1. The third-order valence-corrected chi connectivity index (χ3v) is 3.48. The molecule has 0 radical (unpaired) electrons. The number of nitro groups is 1. The fourth-order valence-electron chi connectivity index (χ4n) is 2.44. The molecule has 0 saturated heterocycles. The van der Waals surface area contributed by atoms with Gasteiger partial charge in [0.25, 0.3) is 5.69 Å². The van der Waals surface area contributed by atoms with Gasteiger partial charge in [-0.25, -0.2) is 4.98 Å². The highest BCUT2D eigenvalue weighted by atomic mass is 16.6. The van der Waals surface area contributed by atoms with Crippen molar-refractivity contribution in [2.75, 3.05) is 5.32 Å². The number of benzene rings is 1. The lowest BCUT2D eigenvalue weighted by Crippen LogP contribution is -2.16. The van der Waals surface area contributed by atoms with Crippen LogP contribution in [0.2, 0.25) is 0 Å². The van der Waals surface area contributed by atoms with E-state index >= 15 is 0 Å². The second kappa shape index (κ2) is 5.21. The van der Waals surface area contributed by atoms with Crippen LogP contribution in [0.3, 0.4) is 0 Å². The molecule has 104 valence electrons. The molecule has 0 saturated carbocycles. The molecule has 0 unspecified atom stereocenters. The molecule has 1 aliphatic rings. The van der Waals surface area contributed by atoms with Crippen LogP contribution in [0.15, 0.2) is 36.4 Å². The maximum atomic E-state index is 10.8. The number of anilines is 1. The first-order chi connectivity index (χ1) is 10.2. The largest absolute Gasteiger partial charge is 0.367 e. The normalized spacial score (nSPS) is 14.2. The predicted molar refractivity (Wildman–Crippen MR) is 78.9 cm³/mol. The van der Waals surface area contributed by atoms with Crippen molar-refractivity contribution in [3.8, 4) is 6.07 Å². The summed E-state index contributed by atoms with van der Waals surface area (Å²) in [6, 6.07) is 8.38. The highest BCUT2D eigenvalue weighted by Crippen LogP contribution is 2.26. The lowest BCUT2D eigenvalue weighted by Gasteiger charge is -2.13. The molecule has 0 aliphatic heterocycles. The number of pyridine rings is 1. The average molecular weight is 280 g/mol. The summed E-state index contributed by atoms with van der Waals surface area (Å²) in [5.41, 5.74) is 0.923. The number of hydrogen-bond donors (Lipinski definition) is 1. The van der Waals surface area contributed by atoms with Crippen LogP contribution in [-0.2, 0) is 0 Å². The smallest absolute Gasteiger partial charge is 0.270 e. The molecule has 0 bridgehead atoms. The molecule has 3 rings (SSSR count). The first-order valence-corrected chi connectivity index (χ1v) is 6.58. The molecule has 0 spiro atoms. The Kier molecular flexibility index (Phi) is 3.24. The Morgan fingerprint density at radius 1 is 1.33 bits per heavy atom. The molecular formula is C15H12N4O2. The molecule has 2 aromatic rings. The number of nitro benzene ring substituents is 1. The summed E-state index contributed by atoms with van der Waals surface area (Å²) in [7, 11) is 0. The van der Waals surface area contributed by atoms with Crippen LogP contribution in [0, 0.1) is 21.4 Å². The fraction of sp³-hybridized carbons (Fsp3) is 0.200. The van der Waals surface area contributed by atoms with Gasteiger partial charge in [-0.1, -0.05) is 12.2 Å². The van der Waals surface area contributed by atoms with Crippen molar-refractivity contribution < 1.29 is 4.92 Å². The van der Waals surface area contributed by atoms with Gasteiger partial charge >= 0.3 is 0 Å². The monoisotopic (exact) mass is 280 g/mol. The zero-order chi connectivity index (χ0) is 14.8. The van der Waals surface area contributed by atoms with E-state index in [4.69, 9.17) is 0 Å². The molecule has 1 aliphatic carbocycles. The number of non-ortho nitro benzene ring substituents is 1. The number of nitrogens with one attached hydrogen (secondary N) is 1. The third kappa shape index (κ3) is 2.54. The summed E-state index contributed by atoms with van der Waals surface area (Å²) in [4.78, 5) is 14.8. The van der Waals surface area contributed by atoms with E-state index in [9.17, 15) is 15.4 Å². The van der Waals surface area contributed by atoms with E-state index in [2.05, 4.69) is 28.5 Å². The fourth-order valence-corrected chi connectivity index (χ4v) is 2.44. The van der Waals surface area contributed by atoms with E-state index in [0.29, 0.717) is 28.3 Å². The lowest BCUT2D eigenvalue weighted by molar-refractivity contribution is -0.384. The van der Waals surface area contributed by atoms with Crippen LogP contribution >= 0.6 is 0 Å². The zero-order valence-electron chi connectivity index (χ0n) is 11.1. The molecule has 0 fully saturated rings. The molecule has 1 aromatic carbocycles. The van der Waals surface area contributed by atoms with E-state index in [1.807, 2.05) is 0 Å². The minimum Gasteiger partial charge on any atom is -0.367 e. The van der Waals surface area contributed by atoms with Gasteiger partial charge in [0.05, 0.1) is 22.1 Å². The molecule has 1 heterocycles. The molecule has 6 nitrogen and oxygen atoms in total. The highest BCUT2D eigenvalue weighted by molar-refractivity contribution is 5.88. The van der Waals surface area contributed by atoms with Gasteiger partial charge in [0.1, 0.15) is 5.82 Å². The maximum absolute atomic E-state index is 10.8. The molecule has 0 atom stereocenters. The summed E-state index contributed by atoms with van der Waals surface area (Å²) in [5.74, 6) is 0.626. The standard InChI is InChI=1S/C15H12N4O2/c16-9-10-7-15(17-11-3-1-2-4-11)18-14-6-5-12(19(20)21)8-13(10)14/h1-2,5-8,11H,3-4H2,(H,17,18). The van der Waals surface area contributed by atoms with Crippen molar-refractivity contribution in [2.45, 2.75) is 18.9 Å². The summed E-state index contributed by atoms with van der Waals surface area (Å²) in [6.07, 6.45) is 6.07. The van der Waals surface area contributed by atoms with Crippen molar-refractivity contribution >= 4 is 22.4 Å². The van der Waals surface area contributed by atoms with Crippen LogP contribution < -0.4 is 5.32 Å².